The molecular formula is C23H28N2O2. The van der Waals surface area contributed by atoms with Gasteiger partial charge in [0.2, 0.25) is 5.91 Å². The first kappa shape index (κ1) is 18.1. The van der Waals surface area contributed by atoms with E-state index < -0.39 is 0 Å². The number of likely N-dealkylation sites (tertiary alicyclic amines) is 1. The summed E-state index contributed by atoms with van der Waals surface area (Å²) in [5.41, 5.74) is 3.84. The van der Waals surface area contributed by atoms with E-state index in [1.165, 1.54) is 17.5 Å². The third kappa shape index (κ3) is 4.33. The number of benzene rings is 2. The van der Waals surface area contributed by atoms with Crippen molar-refractivity contribution in [3.63, 3.8) is 0 Å². The van der Waals surface area contributed by atoms with E-state index in [2.05, 4.69) is 40.1 Å². The number of carbonyl (C=O) groups is 1. The van der Waals surface area contributed by atoms with Gasteiger partial charge in [-0.1, -0.05) is 36.4 Å². The lowest BCUT2D eigenvalue weighted by Crippen LogP contribution is -2.47. The van der Waals surface area contributed by atoms with Crippen LogP contribution in [0.15, 0.2) is 48.5 Å². The number of fused-ring (bicyclic) bond motifs is 1. The molecule has 0 aromatic heterocycles. The standard InChI is InChI=1S/C23H28N2O2/c26-22-10-5-6-18(14-22)11-12-21-9-3-4-13-25(21)23(27)17-24-15-19-7-1-2-8-20(19)16-24/h1-2,5-8,10,14,21,26H,3-4,9,11-13,15-17H2/t21-/m1/s1. The summed E-state index contributed by atoms with van der Waals surface area (Å²) in [5, 5.41) is 9.65. The summed E-state index contributed by atoms with van der Waals surface area (Å²) in [6.45, 7) is 3.15. The number of phenols is 1. The van der Waals surface area contributed by atoms with Crippen molar-refractivity contribution in [2.45, 2.75) is 51.2 Å². The quantitative estimate of drug-likeness (QED) is 0.879. The fourth-order valence-corrected chi connectivity index (χ4v) is 4.47. The van der Waals surface area contributed by atoms with Gasteiger partial charge >= 0.3 is 0 Å². The van der Waals surface area contributed by atoms with Crippen LogP contribution in [0.1, 0.15) is 42.4 Å². The van der Waals surface area contributed by atoms with Crippen LogP contribution in [0.3, 0.4) is 0 Å². The molecule has 2 aliphatic rings. The second-order valence-electron chi connectivity index (χ2n) is 7.86. The molecule has 2 aliphatic heterocycles. The normalized spacial score (nSPS) is 19.9. The Hall–Kier alpha value is -2.33. The molecule has 1 saturated heterocycles. The van der Waals surface area contributed by atoms with Crippen molar-refractivity contribution >= 4 is 5.91 Å². The van der Waals surface area contributed by atoms with Crippen LogP contribution < -0.4 is 0 Å². The topological polar surface area (TPSA) is 43.8 Å². The molecule has 1 N–H and O–H groups in total. The lowest BCUT2D eigenvalue weighted by atomic mass is 9.95. The number of rotatable bonds is 5. The SMILES string of the molecule is O=C(CN1Cc2ccccc2C1)N1CCCC[C@@H]1CCc1cccc(O)c1. The van der Waals surface area contributed by atoms with Gasteiger partial charge in [-0.2, -0.15) is 0 Å². The predicted octanol–water partition coefficient (Wildman–Crippen LogP) is 3.72. The van der Waals surface area contributed by atoms with E-state index in [1.54, 1.807) is 6.07 Å². The summed E-state index contributed by atoms with van der Waals surface area (Å²) in [4.78, 5) is 17.4. The average molecular weight is 364 g/mol. The number of carbonyl (C=O) groups excluding carboxylic acids is 1. The molecule has 4 rings (SSSR count). The van der Waals surface area contributed by atoms with Gasteiger partial charge in [0.05, 0.1) is 6.54 Å². The van der Waals surface area contributed by atoms with Crippen molar-refractivity contribution in [2.75, 3.05) is 13.1 Å². The zero-order valence-electron chi connectivity index (χ0n) is 15.8. The lowest BCUT2D eigenvalue weighted by Gasteiger charge is -2.37. The summed E-state index contributed by atoms with van der Waals surface area (Å²) in [6, 6.07) is 16.3. The van der Waals surface area contributed by atoms with E-state index in [1.807, 2.05) is 12.1 Å². The van der Waals surface area contributed by atoms with Gasteiger partial charge in [-0.05, 0) is 60.9 Å². The van der Waals surface area contributed by atoms with Gasteiger partial charge in [0.15, 0.2) is 0 Å². The molecule has 2 aromatic rings. The minimum Gasteiger partial charge on any atom is -0.508 e. The van der Waals surface area contributed by atoms with E-state index in [0.29, 0.717) is 18.3 Å². The first-order chi connectivity index (χ1) is 13.2. The van der Waals surface area contributed by atoms with Crippen molar-refractivity contribution in [3.8, 4) is 5.75 Å². The molecule has 1 fully saturated rings. The van der Waals surface area contributed by atoms with Crippen LogP contribution >= 0.6 is 0 Å². The average Bonchev–Trinajstić information content (AvgIpc) is 3.09. The second-order valence-corrected chi connectivity index (χ2v) is 7.86. The molecule has 0 spiro atoms. The summed E-state index contributed by atoms with van der Waals surface area (Å²) < 4.78 is 0. The molecule has 27 heavy (non-hydrogen) atoms. The minimum atomic E-state index is 0.267. The van der Waals surface area contributed by atoms with Gasteiger partial charge in [-0.3, -0.25) is 9.69 Å². The van der Waals surface area contributed by atoms with Gasteiger partial charge in [-0.25, -0.2) is 0 Å². The maximum Gasteiger partial charge on any atom is 0.237 e. The summed E-state index contributed by atoms with van der Waals surface area (Å²) in [6.07, 6.45) is 5.26. The highest BCUT2D eigenvalue weighted by Gasteiger charge is 2.29. The Morgan fingerprint density at radius 3 is 2.56 bits per heavy atom. The van der Waals surface area contributed by atoms with E-state index in [4.69, 9.17) is 0 Å². The Morgan fingerprint density at radius 1 is 1.04 bits per heavy atom. The number of nitrogens with zero attached hydrogens (tertiary/aromatic N) is 2. The number of aryl methyl sites for hydroxylation is 1. The van der Waals surface area contributed by atoms with E-state index in [0.717, 1.165) is 50.9 Å². The van der Waals surface area contributed by atoms with Gasteiger partial charge in [0.1, 0.15) is 5.75 Å². The first-order valence-electron chi connectivity index (χ1n) is 10.1. The lowest BCUT2D eigenvalue weighted by molar-refractivity contribution is -0.136. The van der Waals surface area contributed by atoms with Crippen molar-refractivity contribution in [1.82, 2.24) is 9.80 Å². The van der Waals surface area contributed by atoms with Crippen molar-refractivity contribution in [1.29, 1.82) is 0 Å². The molecule has 0 unspecified atom stereocenters. The first-order valence-corrected chi connectivity index (χ1v) is 10.1. The highest BCUT2D eigenvalue weighted by Crippen LogP contribution is 2.25. The van der Waals surface area contributed by atoms with Crippen LogP contribution in [0.5, 0.6) is 5.75 Å². The number of aromatic hydroxyl groups is 1. The molecule has 0 bridgehead atoms. The van der Waals surface area contributed by atoms with Crippen LogP contribution in [-0.2, 0) is 24.3 Å². The Morgan fingerprint density at radius 2 is 1.81 bits per heavy atom. The van der Waals surface area contributed by atoms with Crippen LogP contribution in [0.25, 0.3) is 0 Å². The van der Waals surface area contributed by atoms with E-state index in [-0.39, 0.29) is 5.91 Å². The van der Waals surface area contributed by atoms with Gasteiger partial charge in [0.25, 0.3) is 0 Å². The maximum absolute atomic E-state index is 13.0. The number of hydrogen-bond donors (Lipinski definition) is 1. The molecule has 1 atom stereocenters. The number of piperidine rings is 1. The van der Waals surface area contributed by atoms with E-state index in [9.17, 15) is 9.90 Å². The summed E-state index contributed by atoms with van der Waals surface area (Å²) >= 11 is 0. The molecule has 0 saturated carbocycles. The van der Waals surface area contributed by atoms with Crippen molar-refractivity contribution in [2.24, 2.45) is 0 Å². The minimum absolute atomic E-state index is 0.267. The third-order valence-electron chi connectivity index (χ3n) is 5.89. The maximum atomic E-state index is 13.0. The second kappa shape index (κ2) is 8.13. The van der Waals surface area contributed by atoms with Crippen molar-refractivity contribution in [3.05, 3.63) is 65.2 Å². The Labute approximate surface area is 161 Å². The highest BCUT2D eigenvalue weighted by atomic mass is 16.3. The zero-order valence-corrected chi connectivity index (χ0v) is 15.8. The predicted molar refractivity (Wildman–Crippen MR) is 106 cm³/mol. The fourth-order valence-electron chi connectivity index (χ4n) is 4.47. The largest absolute Gasteiger partial charge is 0.508 e. The molecule has 0 radical (unpaired) electrons. The monoisotopic (exact) mass is 364 g/mol. The smallest absolute Gasteiger partial charge is 0.237 e. The van der Waals surface area contributed by atoms with Crippen molar-refractivity contribution < 1.29 is 9.90 Å². The molecule has 4 heteroatoms. The van der Waals surface area contributed by atoms with Crippen LogP contribution in [0.4, 0.5) is 0 Å². The van der Waals surface area contributed by atoms with Crippen LogP contribution in [0, 0.1) is 0 Å². The Balaban J connectivity index is 1.35. The molecule has 2 aromatic carbocycles. The van der Waals surface area contributed by atoms with Gasteiger partial charge in [-0.15, -0.1) is 0 Å². The zero-order chi connectivity index (χ0) is 18.6. The molecule has 4 nitrogen and oxygen atoms in total. The van der Waals surface area contributed by atoms with Gasteiger partial charge < -0.3 is 10.0 Å². The molecule has 1 amide bonds. The Bertz CT molecular complexity index is 779. The van der Waals surface area contributed by atoms with Crippen LogP contribution in [0.2, 0.25) is 0 Å². The van der Waals surface area contributed by atoms with E-state index >= 15 is 0 Å². The number of amides is 1. The summed E-state index contributed by atoms with van der Waals surface area (Å²) in [7, 11) is 0. The molecule has 2 heterocycles. The third-order valence-corrected chi connectivity index (χ3v) is 5.89. The molecule has 0 aliphatic carbocycles. The van der Waals surface area contributed by atoms with Crippen LogP contribution in [-0.4, -0.2) is 39.9 Å². The number of hydrogen-bond acceptors (Lipinski definition) is 3. The molecular weight excluding hydrogens is 336 g/mol. The fraction of sp³-hybridized carbons (Fsp3) is 0.435. The highest BCUT2D eigenvalue weighted by molar-refractivity contribution is 5.78. The van der Waals surface area contributed by atoms with Gasteiger partial charge in [0, 0.05) is 25.7 Å². The Kier molecular flexibility index (Phi) is 5.44. The molecule has 142 valence electrons. The summed E-state index contributed by atoms with van der Waals surface area (Å²) in [5.74, 6) is 0.584. The number of phenolic OH excluding ortho intramolecular Hbond substituents is 1.